The van der Waals surface area contributed by atoms with Crippen LogP contribution in [0.2, 0.25) is 0 Å². The van der Waals surface area contributed by atoms with Gasteiger partial charge in [-0.25, -0.2) is 4.79 Å². The van der Waals surface area contributed by atoms with Gasteiger partial charge in [-0.2, -0.15) is 0 Å². The van der Waals surface area contributed by atoms with E-state index in [1.807, 2.05) is 6.92 Å². The number of unbranched alkanes of at least 4 members (excludes halogenated alkanes) is 4. The van der Waals surface area contributed by atoms with Gasteiger partial charge in [0.25, 0.3) is 0 Å². The van der Waals surface area contributed by atoms with Gasteiger partial charge in [0.15, 0.2) is 0 Å². The summed E-state index contributed by atoms with van der Waals surface area (Å²) in [6.45, 7) is 5.53. The molecule has 0 saturated heterocycles. The van der Waals surface area contributed by atoms with Crippen LogP contribution in [0.3, 0.4) is 0 Å². The molecule has 0 spiro atoms. The fraction of sp³-hybridized carbons (Fsp3) is 0.579. The summed E-state index contributed by atoms with van der Waals surface area (Å²) in [6.07, 6.45) is 6.72. The van der Waals surface area contributed by atoms with E-state index in [4.69, 9.17) is 4.74 Å². The summed E-state index contributed by atoms with van der Waals surface area (Å²) in [5.41, 5.74) is 1.32. The minimum absolute atomic E-state index is 0.0167. The van der Waals surface area contributed by atoms with Crippen LogP contribution in [0.15, 0.2) is 24.3 Å². The zero-order valence-electron chi connectivity index (χ0n) is 14.9. The lowest BCUT2D eigenvalue weighted by Crippen LogP contribution is -2.30. The van der Waals surface area contributed by atoms with E-state index in [1.54, 1.807) is 24.3 Å². The fourth-order valence-electron chi connectivity index (χ4n) is 2.20. The number of anilines is 1. The second-order valence-electron chi connectivity index (χ2n) is 5.83. The van der Waals surface area contributed by atoms with Crippen molar-refractivity contribution in [1.82, 2.24) is 5.32 Å². The number of nitrogens with one attached hydrogen (secondary N) is 2. The molecular formula is C19H30N2O3. The van der Waals surface area contributed by atoms with E-state index in [9.17, 15) is 9.59 Å². The van der Waals surface area contributed by atoms with Crippen LogP contribution >= 0.6 is 0 Å². The Hall–Kier alpha value is -2.04. The summed E-state index contributed by atoms with van der Waals surface area (Å²) in [5, 5.41) is 5.96. The maximum Gasteiger partial charge on any atom is 0.338 e. The van der Waals surface area contributed by atoms with Gasteiger partial charge in [-0.3, -0.25) is 4.79 Å². The van der Waals surface area contributed by atoms with Crippen LogP contribution in [0, 0.1) is 0 Å². The summed E-state index contributed by atoms with van der Waals surface area (Å²) in [4.78, 5) is 23.4. The van der Waals surface area contributed by atoms with Gasteiger partial charge in [0, 0.05) is 12.2 Å². The highest BCUT2D eigenvalue weighted by atomic mass is 16.5. The standard InChI is InChI=1S/C19H30N2O3/c1-3-5-6-7-8-13-20-18(22)15-21-17-11-9-16(10-12-17)19(23)24-14-4-2/h9-12,21H,3-8,13-15H2,1-2H3,(H,20,22). The zero-order valence-corrected chi connectivity index (χ0v) is 14.9. The van der Waals surface area contributed by atoms with Gasteiger partial charge >= 0.3 is 5.97 Å². The Kier molecular flexibility index (Phi) is 10.3. The monoisotopic (exact) mass is 334 g/mol. The molecule has 1 rings (SSSR count). The molecule has 0 aliphatic heterocycles. The average Bonchev–Trinajstić information content (AvgIpc) is 2.61. The third kappa shape index (κ3) is 8.56. The summed E-state index contributed by atoms with van der Waals surface area (Å²) >= 11 is 0. The third-order valence-electron chi connectivity index (χ3n) is 3.61. The quantitative estimate of drug-likeness (QED) is 0.451. The maximum absolute atomic E-state index is 11.8. The Morgan fingerprint density at radius 2 is 1.67 bits per heavy atom. The first-order chi connectivity index (χ1) is 11.7. The highest BCUT2D eigenvalue weighted by Crippen LogP contribution is 2.10. The molecule has 0 fully saturated rings. The van der Waals surface area contributed by atoms with Crippen molar-refractivity contribution >= 4 is 17.6 Å². The topological polar surface area (TPSA) is 67.4 Å². The largest absolute Gasteiger partial charge is 0.462 e. The highest BCUT2D eigenvalue weighted by molar-refractivity contribution is 5.90. The van der Waals surface area contributed by atoms with Crippen molar-refractivity contribution in [2.75, 3.05) is 25.0 Å². The second kappa shape index (κ2) is 12.4. The minimum Gasteiger partial charge on any atom is -0.462 e. The molecule has 1 aromatic rings. The first-order valence-electron chi connectivity index (χ1n) is 8.95. The number of rotatable bonds is 12. The smallest absolute Gasteiger partial charge is 0.338 e. The Labute approximate surface area is 145 Å². The van der Waals surface area contributed by atoms with Crippen molar-refractivity contribution in [3.8, 4) is 0 Å². The molecule has 24 heavy (non-hydrogen) atoms. The Morgan fingerprint density at radius 1 is 0.958 bits per heavy atom. The molecule has 5 heteroatoms. The molecule has 0 saturated carbocycles. The summed E-state index contributed by atoms with van der Waals surface area (Å²) < 4.78 is 5.07. The van der Waals surface area contributed by atoms with E-state index in [0.29, 0.717) is 12.2 Å². The zero-order chi connectivity index (χ0) is 17.6. The Balaban J connectivity index is 2.22. The predicted octanol–water partition coefficient (Wildman–Crippen LogP) is 3.75. The molecule has 1 amide bonds. The van der Waals surface area contributed by atoms with Crippen LogP contribution in [-0.2, 0) is 9.53 Å². The van der Waals surface area contributed by atoms with Crippen molar-refractivity contribution in [2.24, 2.45) is 0 Å². The lowest BCUT2D eigenvalue weighted by Gasteiger charge is -2.08. The number of hydrogen-bond acceptors (Lipinski definition) is 4. The number of carbonyl (C=O) groups is 2. The van der Waals surface area contributed by atoms with Crippen LogP contribution in [0.4, 0.5) is 5.69 Å². The second-order valence-corrected chi connectivity index (χ2v) is 5.83. The van der Waals surface area contributed by atoms with Crippen molar-refractivity contribution in [3.63, 3.8) is 0 Å². The van der Waals surface area contributed by atoms with Crippen LogP contribution in [-0.4, -0.2) is 31.6 Å². The molecule has 0 aliphatic rings. The molecule has 0 bridgehead atoms. The van der Waals surface area contributed by atoms with Crippen LogP contribution in [0.25, 0.3) is 0 Å². The number of hydrogen-bond donors (Lipinski definition) is 2. The molecule has 1 aromatic carbocycles. The number of ether oxygens (including phenoxy) is 1. The molecule has 134 valence electrons. The Morgan fingerprint density at radius 3 is 2.33 bits per heavy atom. The lowest BCUT2D eigenvalue weighted by molar-refractivity contribution is -0.119. The molecule has 0 aliphatic carbocycles. The number of benzene rings is 1. The summed E-state index contributed by atoms with van der Waals surface area (Å²) in [5.74, 6) is -0.332. The maximum atomic E-state index is 11.8. The predicted molar refractivity (Wildman–Crippen MR) is 97.3 cm³/mol. The van der Waals surface area contributed by atoms with Gasteiger partial charge in [0.1, 0.15) is 0 Å². The minimum atomic E-state index is -0.316. The van der Waals surface area contributed by atoms with E-state index in [2.05, 4.69) is 17.6 Å². The van der Waals surface area contributed by atoms with E-state index in [1.165, 1.54) is 19.3 Å². The number of esters is 1. The van der Waals surface area contributed by atoms with E-state index in [0.717, 1.165) is 31.5 Å². The molecule has 0 aromatic heterocycles. The van der Waals surface area contributed by atoms with E-state index in [-0.39, 0.29) is 18.4 Å². The molecule has 0 heterocycles. The molecule has 0 unspecified atom stereocenters. The highest BCUT2D eigenvalue weighted by Gasteiger charge is 2.06. The fourth-order valence-corrected chi connectivity index (χ4v) is 2.20. The molecule has 0 atom stereocenters. The van der Waals surface area contributed by atoms with Crippen molar-refractivity contribution < 1.29 is 14.3 Å². The van der Waals surface area contributed by atoms with Crippen LogP contribution in [0.5, 0.6) is 0 Å². The van der Waals surface area contributed by atoms with Gasteiger partial charge in [-0.05, 0) is 37.1 Å². The normalized spacial score (nSPS) is 10.2. The number of carbonyl (C=O) groups excluding carboxylic acids is 2. The molecular weight excluding hydrogens is 304 g/mol. The van der Waals surface area contributed by atoms with E-state index >= 15 is 0 Å². The van der Waals surface area contributed by atoms with Crippen molar-refractivity contribution in [1.29, 1.82) is 0 Å². The molecule has 0 radical (unpaired) electrons. The SMILES string of the molecule is CCCCCCCNC(=O)CNc1ccc(C(=O)OCCC)cc1. The van der Waals surface area contributed by atoms with Crippen molar-refractivity contribution in [3.05, 3.63) is 29.8 Å². The van der Waals surface area contributed by atoms with Gasteiger partial charge < -0.3 is 15.4 Å². The lowest BCUT2D eigenvalue weighted by atomic mass is 10.1. The van der Waals surface area contributed by atoms with Crippen molar-refractivity contribution in [2.45, 2.75) is 52.4 Å². The van der Waals surface area contributed by atoms with Crippen LogP contribution < -0.4 is 10.6 Å². The van der Waals surface area contributed by atoms with E-state index < -0.39 is 0 Å². The van der Waals surface area contributed by atoms with Gasteiger partial charge in [0.2, 0.25) is 5.91 Å². The van der Waals surface area contributed by atoms with Crippen LogP contribution in [0.1, 0.15) is 62.7 Å². The van der Waals surface area contributed by atoms with Gasteiger partial charge in [-0.1, -0.05) is 39.5 Å². The summed E-state index contributed by atoms with van der Waals surface area (Å²) in [6, 6.07) is 6.96. The van der Waals surface area contributed by atoms with Gasteiger partial charge in [0.05, 0.1) is 18.7 Å². The first kappa shape index (κ1) is 20.0. The molecule has 5 nitrogen and oxygen atoms in total. The summed E-state index contributed by atoms with van der Waals surface area (Å²) in [7, 11) is 0. The average molecular weight is 334 g/mol. The Bertz CT molecular complexity index is 486. The number of amides is 1. The first-order valence-corrected chi connectivity index (χ1v) is 8.95. The molecule has 2 N–H and O–H groups in total. The van der Waals surface area contributed by atoms with Gasteiger partial charge in [-0.15, -0.1) is 0 Å². The third-order valence-corrected chi connectivity index (χ3v) is 3.61.